The molecule has 0 aromatic carbocycles. The molecule has 11 heteroatoms. The Morgan fingerprint density at radius 2 is 0.745 bits per heavy atom. The lowest BCUT2D eigenvalue weighted by atomic mass is 9.85. The second kappa shape index (κ2) is 30.0. The van der Waals surface area contributed by atoms with Gasteiger partial charge in [-0.3, -0.25) is 0 Å². The maximum absolute atomic E-state index is 12.8. The first-order chi connectivity index (χ1) is 25.9. The van der Waals surface area contributed by atoms with Crippen molar-refractivity contribution in [3.63, 3.8) is 0 Å². The summed E-state index contributed by atoms with van der Waals surface area (Å²) in [5.74, 6) is -0.352. The average molecular weight is 789 g/mol. The number of hydrogen-bond donors (Lipinski definition) is 9. The predicted octanol–water partition coefficient (Wildman–Crippen LogP) is 6.29. The number of cyclic esters (lactones) is 1. The summed E-state index contributed by atoms with van der Waals surface area (Å²) < 4.78 is 5.89. The van der Waals surface area contributed by atoms with Crippen molar-refractivity contribution in [3.05, 3.63) is 11.6 Å². The summed E-state index contributed by atoms with van der Waals surface area (Å²) in [4.78, 5) is 12.8. The molecule has 0 aromatic heterocycles. The number of aliphatic hydroxyl groups excluding tert-OH is 9. The number of ether oxygens (including phenoxy) is 1. The maximum atomic E-state index is 12.8. The SMILES string of the molecule is CC1=CC(=O)O[C@H](C(C)(C)C)CCC[C@H](O)CCC[C@H](O)CCC[C@H](O)CCC[C@@H](O)C[C@@H](O)C[C@@H](O)CCC[C@@H](O)CCC[C@@H](O)C[C@@H](O)CCCCC1. The van der Waals surface area contributed by atoms with Gasteiger partial charge in [-0.05, 0) is 166 Å². The standard InChI is InChI=1S/C44H84O11/c1-32-14-6-5-7-15-37(49)29-38(50)24-10-20-35(47)22-12-26-40(52)31-41(53)30-39(51)25-11-21-34(46)18-8-16-33(45)17-9-19-36(48)23-13-27-42(44(2,3)4)55-43(54)28-32/h28,33-42,45-53H,5-27,29-31H2,1-4H3/t33-,34+,35+,36-,37+,38-,39-,40+,41-,42+/m1/s1. The zero-order chi connectivity index (χ0) is 41.2. The molecule has 9 N–H and O–H groups in total. The van der Waals surface area contributed by atoms with Crippen molar-refractivity contribution in [2.24, 2.45) is 5.41 Å². The average Bonchev–Trinajstić information content (AvgIpc) is 3.06. The van der Waals surface area contributed by atoms with Gasteiger partial charge in [0.2, 0.25) is 0 Å². The van der Waals surface area contributed by atoms with Gasteiger partial charge < -0.3 is 50.7 Å². The summed E-state index contributed by atoms with van der Waals surface area (Å²) >= 11 is 0. The summed E-state index contributed by atoms with van der Waals surface area (Å²) in [6.45, 7) is 8.06. The van der Waals surface area contributed by atoms with Crippen LogP contribution in [-0.4, -0.2) is 113 Å². The Bertz CT molecular complexity index is 985. The van der Waals surface area contributed by atoms with E-state index in [-0.39, 0.29) is 30.3 Å². The Labute approximate surface area is 333 Å². The Morgan fingerprint density at radius 3 is 1.11 bits per heavy atom. The highest BCUT2D eigenvalue weighted by Crippen LogP contribution is 2.28. The van der Waals surface area contributed by atoms with Crippen molar-refractivity contribution in [1.82, 2.24) is 0 Å². The Morgan fingerprint density at radius 1 is 0.436 bits per heavy atom. The van der Waals surface area contributed by atoms with Gasteiger partial charge >= 0.3 is 5.97 Å². The topological polar surface area (TPSA) is 208 Å². The normalized spacial score (nSPS) is 34.5. The third-order valence-corrected chi connectivity index (χ3v) is 11.2. The van der Waals surface area contributed by atoms with Crippen molar-refractivity contribution < 1.29 is 55.5 Å². The van der Waals surface area contributed by atoms with Gasteiger partial charge in [0.1, 0.15) is 6.10 Å². The van der Waals surface area contributed by atoms with Gasteiger partial charge in [-0.1, -0.05) is 39.2 Å². The molecular weight excluding hydrogens is 704 g/mol. The fraction of sp³-hybridized carbons (Fsp3) is 0.932. The maximum Gasteiger partial charge on any atom is 0.330 e. The second-order valence-electron chi connectivity index (χ2n) is 18.1. The fourth-order valence-corrected chi connectivity index (χ4v) is 7.65. The smallest absolute Gasteiger partial charge is 0.330 e. The van der Waals surface area contributed by atoms with E-state index in [4.69, 9.17) is 4.74 Å². The van der Waals surface area contributed by atoms with E-state index in [0.29, 0.717) is 128 Å². The zero-order valence-corrected chi connectivity index (χ0v) is 35.1. The van der Waals surface area contributed by atoms with Crippen LogP contribution in [0.3, 0.4) is 0 Å². The lowest BCUT2D eigenvalue weighted by Crippen LogP contribution is -2.31. The van der Waals surface area contributed by atoms with Crippen LogP contribution in [0.15, 0.2) is 11.6 Å². The van der Waals surface area contributed by atoms with Crippen molar-refractivity contribution in [2.45, 2.75) is 256 Å². The van der Waals surface area contributed by atoms with Crippen molar-refractivity contribution >= 4 is 5.97 Å². The minimum absolute atomic E-state index is 0.149. The van der Waals surface area contributed by atoms with Gasteiger partial charge in [0.25, 0.3) is 0 Å². The summed E-state index contributed by atoms with van der Waals surface area (Å²) in [5.41, 5.74) is 0.692. The highest BCUT2D eigenvalue weighted by atomic mass is 16.5. The molecule has 0 fully saturated rings. The van der Waals surface area contributed by atoms with E-state index in [1.54, 1.807) is 6.08 Å². The van der Waals surface area contributed by atoms with E-state index in [2.05, 4.69) is 0 Å². The lowest BCUT2D eigenvalue weighted by molar-refractivity contribution is -0.149. The molecule has 0 amide bonds. The molecule has 0 saturated carbocycles. The molecule has 1 aliphatic rings. The Balaban J connectivity index is 2.67. The van der Waals surface area contributed by atoms with E-state index in [1.807, 2.05) is 27.7 Å². The van der Waals surface area contributed by atoms with Gasteiger partial charge in [0.05, 0.1) is 54.9 Å². The minimum Gasteiger partial charge on any atom is -0.459 e. The number of aliphatic hydroxyl groups is 9. The number of esters is 1. The molecule has 11 nitrogen and oxygen atoms in total. The summed E-state index contributed by atoms with van der Waals surface area (Å²) in [5, 5.41) is 93.8. The van der Waals surface area contributed by atoms with E-state index in [1.165, 1.54) is 0 Å². The van der Waals surface area contributed by atoms with Crippen molar-refractivity contribution in [2.75, 3.05) is 0 Å². The first kappa shape index (κ1) is 51.9. The fourth-order valence-electron chi connectivity index (χ4n) is 7.65. The van der Waals surface area contributed by atoms with Gasteiger partial charge in [0.15, 0.2) is 0 Å². The molecule has 55 heavy (non-hydrogen) atoms. The van der Waals surface area contributed by atoms with Crippen molar-refractivity contribution in [3.8, 4) is 0 Å². The molecule has 10 atom stereocenters. The third kappa shape index (κ3) is 28.8. The molecule has 0 radical (unpaired) electrons. The molecule has 1 aliphatic heterocycles. The number of allylic oxidation sites excluding steroid dienone is 1. The van der Waals surface area contributed by atoms with Gasteiger partial charge in [-0.25, -0.2) is 4.79 Å². The third-order valence-electron chi connectivity index (χ3n) is 11.2. The van der Waals surface area contributed by atoms with E-state index >= 15 is 0 Å². The molecule has 326 valence electrons. The molecule has 0 bridgehead atoms. The van der Waals surface area contributed by atoms with Crippen LogP contribution in [0.1, 0.15) is 195 Å². The van der Waals surface area contributed by atoms with Crippen LogP contribution in [0.25, 0.3) is 0 Å². The number of carbonyl (C=O) groups excluding carboxylic acids is 1. The first-order valence-electron chi connectivity index (χ1n) is 21.9. The van der Waals surface area contributed by atoms with Gasteiger partial charge in [0, 0.05) is 6.08 Å². The van der Waals surface area contributed by atoms with Crippen molar-refractivity contribution in [1.29, 1.82) is 0 Å². The molecular formula is C44H84O11. The van der Waals surface area contributed by atoms with Crippen LogP contribution in [0.4, 0.5) is 0 Å². The van der Waals surface area contributed by atoms with E-state index < -0.39 is 54.9 Å². The lowest BCUT2D eigenvalue weighted by Gasteiger charge is -2.30. The molecule has 0 spiro atoms. The number of hydrogen-bond acceptors (Lipinski definition) is 11. The Kier molecular flexibility index (Phi) is 28.3. The Hall–Kier alpha value is -1.15. The van der Waals surface area contributed by atoms with Crippen LogP contribution in [0, 0.1) is 5.41 Å². The van der Waals surface area contributed by atoms with Crippen LogP contribution in [0.5, 0.6) is 0 Å². The molecule has 0 unspecified atom stereocenters. The van der Waals surface area contributed by atoms with Crippen LogP contribution < -0.4 is 0 Å². The quantitative estimate of drug-likeness (QED) is 0.125. The molecule has 0 aliphatic carbocycles. The van der Waals surface area contributed by atoms with Gasteiger partial charge in [-0.2, -0.15) is 0 Å². The largest absolute Gasteiger partial charge is 0.459 e. The molecule has 1 rings (SSSR count). The molecule has 0 saturated heterocycles. The predicted molar refractivity (Wildman–Crippen MR) is 217 cm³/mol. The first-order valence-corrected chi connectivity index (χ1v) is 21.9. The summed E-state index contributed by atoms with van der Waals surface area (Å²) in [6.07, 6.45) is 10.6. The number of rotatable bonds is 0. The number of carbonyl (C=O) groups is 1. The molecule has 0 aromatic rings. The van der Waals surface area contributed by atoms with Crippen LogP contribution in [0.2, 0.25) is 0 Å². The monoisotopic (exact) mass is 789 g/mol. The minimum atomic E-state index is -0.844. The van der Waals surface area contributed by atoms with E-state index in [0.717, 1.165) is 31.3 Å². The van der Waals surface area contributed by atoms with Gasteiger partial charge in [-0.15, -0.1) is 0 Å². The van der Waals surface area contributed by atoms with E-state index in [9.17, 15) is 50.8 Å². The summed E-state index contributed by atoms with van der Waals surface area (Å²) in [7, 11) is 0. The zero-order valence-electron chi connectivity index (χ0n) is 35.1. The highest BCUT2D eigenvalue weighted by molar-refractivity contribution is 5.82. The second-order valence-corrected chi connectivity index (χ2v) is 18.1. The van der Waals surface area contributed by atoms with Crippen LogP contribution in [-0.2, 0) is 9.53 Å². The summed E-state index contributed by atoms with van der Waals surface area (Å²) in [6, 6.07) is 0. The van der Waals surface area contributed by atoms with Crippen LogP contribution >= 0.6 is 0 Å². The molecule has 1 heterocycles. The highest BCUT2D eigenvalue weighted by Gasteiger charge is 2.28.